The number of anilines is 1. The third kappa shape index (κ3) is 5.80. The van der Waals surface area contributed by atoms with Crippen LogP contribution in [0.15, 0.2) is 48.7 Å². The number of rotatable bonds is 8. The fourth-order valence-electron chi connectivity index (χ4n) is 3.02. The van der Waals surface area contributed by atoms with Crippen molar-refractivity contribution in [2.45, 2.75) is 52.9 Å². The van der Waals surface area contributed by atoms with Crippen LogP contribution in [0.2, 0.25) is 0 Å². The molecule has 0 atom stereocenters. The molecule has 0 unspecified atom stereocenters. The Hall–Kier alpha value is -2.16. The summed E-state index contributed by atoms with van der Waals surface area (Å²) in [6, 6.07) is 13.4. The highest BCUT2D eigenvalue weighted by molar-refractivity contribution is 6.02. The number of nitrogens with one attached hydrogen (secondary N) is 1. The summed E-state index contributed by atoms with van der Waals surface area (Å²) < 4.78 is 0. The van der Waals surface area contributed by atoms with Gasteiger partial charge in [-0.15, -0.1) is 0 Å². The van der Waals surface area contributed by atoms with E-state index in [0.29, 0.717) is 11.1 Å². The molecule has 1 amide bonds. The van der Waals surface area contributed by atoms with Crippen molar-refractivity contribution in [3.8, 4) is 0 Å². The van der Waals surface area contributed by atoms with Gasteiger partial charge < -0.3 is 5.32 Å². The first-order valence-corrected chi connectivity index (χ1v) is 8.81. The molecule has 1 aromatic heterocycles. The van der Waals surface area contributed by atoms with E-state index in [4.69, 9.17) is 0 Å². The number of pyridine rings is 1. The van der Waals surface area contributed by atoms with E-state index in [1.165, 1.54) is 31.2 Å². The van der Waals surface area contributed by atoms with Crippen molar-refractivity contribution in [3.63, 3.8) is 0 Å². The second-order valence-electron chi connectivity index (χ2n) is 7.13. The van der Waals surface area contributed by atoms with Gasteiger partial charge in [-0.2, -0.15) is 0 Å². The molecule has 3 nitrogen and oxygen atoms in total. The molecule has 3 heteroatoms. The van der Waals surface area contributed by atoms with Crippen LogP contribution in [0.1, 0.15) is 62.5 Å². The first-order chi connectivity index (χ1) is 11.5. The van der Waals surface area contributed by atoms with Gasteiger partial charge in [-0.3, -0.25) is 9.78 Å². The molecule has 1 heterocycles. The fraction of sp³-hybridized carbons (Fsp3) is 0.429. The number of hydrogen-bond acceptors (Lipinski definition) is 2. The minimum Gasteiger partial charge on any atom is -0.321 e. The molecule has 24 heavy (non-hydrogen) atoms. The predicted molar refractivity (Wildman–Crippen MR) is 100 cm³/mol. The topological polar surface area (TPSA) is 42.0 Å². The maximum Gasteiger partial charge on any atom is 0.274 e. The lowest BCUT2D eigenvalue weighted by molar-refractivity contribution is 0.102. The molecule has 1 aromatic carbocycles. The summed E-state index contributed by atoms with van der Waals surface area (Å²) in [5.74, 6) is -0.176. The lowest BCUT2D eigenvalue weighted by Crippen LogP contribution is -2.13. The minimum absolute atomic E-state index is 0.176. The quantitative estimate of drug-likeness (QED) is 0.698. The Morgan fingerprint density at radius 1 is 1.08 bits per heavy atom. The van der Waals surface area contributed by atoms with Crippen molar-refractivity contribution >= 4 is 11.6 Å². The summed E-state index contributed by atoms with van der Waals surface area (Å²) in [5.41, 5.74) is 2.99. The van der Waals surface area contributed by atoms with E-state index in [0.717, 1.165) is 12.1 Å². The first-order valence-electron chi connectivity index (χ1n) is 8.81. The molecule has 0 bridgehead atoms. The van der Waals surface area contributed by atoms with Crippen LogP contribution in [0.4, 0.5) is 5.69 Å². The van der Waals surface area contributed by atoms with Crippen LogP contribution >= 0.6 is 0 Å². The standard InChI is InChI=1S/C21H28N2O/c1-4-14-21(2,3)15-7-8-17-10-12-18(13-11-17)23-20(24)19-9-5-6-16-22-19/h5-6,9-13,16H,4,7-8,14-15H2,1-3H3,(H,23,24). The second kappa shape index (κ2) is 8.62. The van der Waals surface area contributed by atoms with Gasteiger partial charge >= 0.3 is 0 Å². The van der Waals surface area contributed by atoms with Gasteiger partial charge in [0.15, 0.2) is 0 Å². The molecule has 1 N–H and O–H groups in total. The summed E-state index contributed by atoms with van der Waals surface area (Å²) in [6.07, 6.45) is 7.69. The lowest BCUT2D eigenvalue weighted by Gasteiger charge is -2.23. The van der Waals surface area contributed by atoms with Gasteiger partial charge in [0, 0.05) is 11.9 Å². The number of hydrogen-bond donors (Lipinski definition) is 1. The molecular formula is C21H28N2O. The third-order valence-electron chi connectivity index (χ3n) is 4.36. The Morgan fingerprint density at radius 3 is 2.46 bits per heavy atom. The third-order valence-corrected chi connectivity index (χ3v) is 4.36. The largest absolute Gasteiger partial charge is 0.321 e. The summed E-state index contributed by atoms with van der Waals surface area (Å²) >= 11 is 0. The van der Waals surface area contributed by atoms with Gasteiger partial charge in [-0.25, -0.2) is 0 Å². The Morgan fingerprint density at radius 2 is 1.83 bits per heavy atom. The molecule has 0 radical (unpaired) electrons. The van der Waals surface area contributed by atoms with Gasteiger partial charge in [-0.1, -0.05) is 45.4 Å². The van der Waals surface area contributed by atoms with Crippen LogP contribution in [0.5, 0.6) is 0 Å². The number of aromatic nitrogens is 1. The summed E-state index contributed by atoms with van der Waals surface area (Å²) in [4.78, 5) is 16.1. The van der Waals surface area contributed by atoms with Crippen LogP contribution in [0.3, 0.4) is 0 Å². The normalized spacial score (nSPS) is 11.3. The number of carbonyl (C=O) groups excluding carboxylic acids is 1. The molecule has 2 rings (SSSR count). The molecular weight excluding hydrogens is 296 g/mol. The Bertz CT molecular complexity index is 633. The van der Waals surface area contributed by atoms with Crippen molar-refractivity contribution in [1.82, 2.24) is 4.98 Å². The van der Waals surface area contributed by atoms with Gasteiger partial charge in [0.1, 0.15) is 5.69 Å². The second-order valence-corrected chi connectivity index (χ2v) is 7.13. The summed E-state index contributed by atoms with van der Waals surface area (Å²) in [5, 5.41) is 2.88. The van der Waals surface area contributed by atoms with Crippen molar-refractivity contribution in [2.75, 3.05) is 5.32 Å². The van der Waals surface area contributed by atoms with E-state index in [1.807, 2.05) is 18.2 Å². The highest BCUT2D eigenvalue weighted by Gasteiger charge is 2.15. The van der Waals surface area contributed by atoms with Gasteiger partial charge in [0.25, 0.3) is 5.91 Å². The van der Waals surface area contributed by atoms with E-state index in [1.54, 1.807) is 18.3 Å². The van der Waals surface area contributed by atoms with Crippen LogP contribution in [-0.4, -0.2) is 10.9 Å². The lowest BCUT2D eigenvalue weighted by atomic mass is 9.82. The van der Waals surface area contributed by atoms with E-state index in [9.17, 15) is 4.79 Å². The zero-order valence-corrected chi connectivity index (χ0v) is 15.0. The van der Waals surface area contributed by atoms with Crippen LogP contribution < -0.4 is 5.32 Å². The summed E-state index contributed by atoms with van der Waals surface area (Å²) in [7, 11) is 0. The average molecular weight is 324 g/mol. The number of carbonyl (C=O) groups is 1. The number of amides is 1. The van der Waals surface area contributed by atoms with E-state index >= 15 is 0 Å². The first kappa shape index (κ1) is 18.2. The van der Waals surface area contributed by atoms with Crippen molar-refractivity contribution in [3.05, 3.63) is 59.9 Å². The van der Waals surface area contributed by atoms with Gasteiger partial charge in [0.2, 0.25) is 0 Å². The summed E-state index contributed by atoms with van der Waals surface area (Å²) in [6.45, 7) is 6.96. The molecule has 0 aliphatic heterocycles. The molecule has 0 saturated heterocycles. The highest BCUT2D eigenvalue weighted by atomic mass is 16.1. The van der Waals surface area contributed by atoms with Crippen LogP contribution in [0.25, 0.3) is 0 Å². The van der Waals surface area contributed by atoms with E-state index in [2.05, 4.69) is 43.2 Å². The zero-order chi connectivity index (χ0) is 17.4. The van der Waals surface area contributed by atoms with Crippen LogP contribution in [0, 0.1) is 5.41 Å². The SMILES string of the molecule is CCCC(C)(C)CCCc1ccc(NC(=O)c2ccccn2)cc1. The molecule has 0 saturated carbocycles. The Balaban J connectivity index is 1.84. The zero-order valence-electron chi connectivity index (χ0n) is 15.0. The molecule has 0 aliphatic rings. The Labute approximate surface area is 145 Å². The molecule has 0 fully saturated rings. The van der Waals surface area contributed by atoms with Gasteiger partial charge in [-0.05, 0) is 60.9 Å². The van der Waals surface area contributed by atoms with E-state index < -0.39 is 0 Å². The average Bonchev–Trinajstić information content (AvgIpc) is 2.57. The number of benzene rings is 1. The smallest absolute Gasteiger partial charge is 0.274 e. The maximum atomic E-state index is 12.1. The highest BCUT2D eigenvalue weighted by Crippen LogP contribution is 2.28. The van der Waals surface area contributed by atoms with E-state index in [-0.39, 0.29) is 5.91 Å². The molecule has 128 valence electrons. The Kier molecular flexibility index (Phi) is 6.53. The van der Waals surface area contributed by atoms with Crippen molar-refractivity contribution < 1.29 is 4.79 Å². The van der Waals surface area contributed by atoms with Crippen molar-refractivity contribution in [1.29, 1.82) is 0 Å². The van der Waals surface area contributed by atoms with Crippen LogP contribution in [-0.2, 0) is 6.42 Å². The molecule has 0 spiro atoms. The van der Waals surface area contributed by atoms with Gasteiger partial charge in [0.05, 0.1) is 0 Å². The molecule has 2 aromatic rings. The maximum absolute atomic E-state index is 12.1. The molecule has 0 aliphatic carbocycles. The van der Waals surface area contributed by atoms with Crippen molar-refractivity contribution in [2.24, 2.45) is 5.41 Å². The minimum atomic E-state index is -0.176. The number of nitrogens with zero attached hydrogens (tertiary/aromatic N) is 1. The monoisotopic (exact) mass is 324 g/mol. The fourth-order valence-corrected chi connectivity index (χ4v) is 3.02. The number of aryl methyl sites for hydroxylation is 1. The predicted octanol–water partition coefficient (Wildman–Crippen LogP) is 5.48.